The van der Waals surface area contributed by atoms with E-state index in [0.29, 0.717) is 0 Å². The van der Waals surface area contributed by atoms with Crippen molar-refractivity contribution in [1.82, 2.24) is 4.57 Å². The Kier molecular flexibility index (Phi) is 14.9. The average Bonchev–Trinajstić information content (AvgIpc) is 0.811. The lowest BCUT2D eigenvalue weighted by molar-refractivity contribution is 1.16. The molecule has 0 fully saturated rings. The van der Waals surface area contributed by atoms with Gasteiger partial charge in [-0.1, -0.05) is 326 Å². The minimum Gasteiger partial charge on any atom is -0.311 e. The lowest BCUT2D eigenvalue weighted by atomic mass is 9.33. The number of hydrogen-bond acceptors (Lipinski definition) is 2. The zero-order valence-electron chi connectivity index (χ0n) is 56.6. The van der Waals surface area contributed by atoms with Gasteiger partial charge in [0.25, 0.3) is 6.71 Å². The van der Waals surface area contributed by atoms with Gasteiger partial charge in [0.1, 0.15) is 0 Å². The molecule has 2 aliphatic heterocycles. The Hall–Kier alpha value is -11.8. The molecule has 0 unspecified atom stereocenters. The number of nitrogens with zero attached hydrogens (tertiary/aromatic N) is 3. The predicted octanol–water partition coefficient (Wildman–Crippen LogP) is 16.2. The Morgan fingerprint density at radius 3 is 0.880 bits per heavy atom. The number of aromatic nitrogens is 1. The summed E-state index contributed by atoms with van der Waals surface area (Å²) >= 11 is 0. The van der Waals surface area contributed by atoms with Crippen LogP contribution in [0.5, 0.6) is 0 Å². The van der Waals surface area contributed by atoms with Crippen molar-refractivity contribution in [2.75, 3.05) is 9.80 Å². The largest absolute Gasteiger partial charge is 0.311 e. The predicted molar refractivity (Wildman–Crippen MR) is 432 cm³/mol. The SMILES string of the molecule is Cc1cc(C)cc(-c2ccc3c(c2)B2c4cc(-c5cc(C)cc(C)c5)ccc4N(c4cccc([Si](c5ccccc5)(c5ccccc5)c5ccccc5)c4)c4cc(-n5c6ccccc6c6ccccc65)cc(c42)N3c2cccc([Si](c3ccccc3)(c3ccccc3)c3ccccc3)c2)c1. The molecule has 0 bridgehead atoms. The lowest BCUT2D eigenvalue weighted by Gasteiger charge is -2.45. The van der Waals surface area contributed by atoms with Crippen LogP contribution in [0.1, 0.15) is 22.3 Å². The second-order valence-electron chi connectivity index (χ2n) is 27.5. The van der Waals surface area contributed by atoms with Crippen LogP contribution in [0.25, 0.3) is 49.7 Å². The molecule has 0 aliphatic carbocycles. The van der Waals surface area contributed by atoms with Crippen molar-refractivity contribution in [3.05, 3.63) is 386 Å². The average molecular weight is 1310 g/mol. The first-order valence-electron chi connectivity index (χ1n) is 35.0. The summed E-state index contributed by atoms with van der Waals surface area (Å²) in [4.78, 5) is 5.31. The molecule has 0 radical (unpaired) electrons. The Morgan fingerprint density at radius 1 is 0.230 bits per heavy atom. The van der Waals surface area contributed by atoms with Gasteiger partial charge in [-0.3, -0.25) is 0 Å². The maximum atomic E-state index is 2.66. The van der Waals surface area contributed by atoms with Gasteiger partial charge < -0.3 is 14.4 Å². The topological polar surface area (TPSA) is 11.4 Å². The van der Waals surface area contributed by atoms with Crippen molar-refractivity contribution in [2.45, 2.75) is 27.7 Å². The number of hydrogen-bond donors (Lipinski definition) is 0. The molecule has 0 atom stereocenters. The summed E-state index contributed by atoms with van der Waals surface area (Å²) in [5.41, 5.74) is 23.8. The fourth-order valence-corrected chi connectivity index (χ4v) is 27.0. The summed E-state index contributed by atoms with van der Waals surface area (Å²) in [6.07, 6.45) is 0. The monoisotopic (exact) mass is 1310 g/mol. The third-order valence-corrected chi connectivity index (χ3v) is 30.9. The van der Waals surface area contributed by atoms with Crippen LogP contribution >= 0.6 is 0 Å². The van der Waals surface area contributed by atoms with Crippen molar-refractivity contribution in [2.24, 2.45) is 0 Å². The molecular weight excluding hydrogens is 1240 g/mol. The van der Waals surface area contributed by atoms with Crippen molar-refractivity contribution in [3.63, 3.8) is 0 Å². The molecular formula is C94H72BN3Si2. The fraction of sp³-hybridized carbons (Fsp3) is 0.0426. The summed E-state index contributed by atoms with van der Waals surface area (Å²) in [6.45, 7) is 8.70. The van der Waals surface area contributed by atoms with Gasteiger partial charge in [0.15, 0.2) is 16.1 Å². The molecule has 0 N–H and O–H groups in total. The van der Waals surface area contributed by atoms with E-state index in [1.807, 2.05) is 0 Å². The number of rotatable bonds is 13. The Morgan fingerprint density at radius 2 is 0.540 bits per heavy atom. The number of benzene rings is 15. The van der Waals surface area contributed by atoms with E-state index in [1.165, 1.54) is 113 Å². The van der Waals surface area contributed by atoms with Gasteiger partial charge in [-0.05, 0) is 168 Å². The van der Waals surface area contributed by atoms with Crippen LogP contribution in [0.4, 0.5) is 34.1 Å². The number of anilines is 6. The normalized spacial score (nSPS) is 12.5. The summed E-state index contributed by atoms with van der Waals surface area (Å²) in [7, 11) is -6.12. The molecule has 474 valence electrons. The van der Waals surface area contributed by atoms with Gasteiger partial charge in [-0.2, -0.15) is 0 Å². The van der Waals surface area contributed by atoms with Crippen LogP contribution in [0.3, 0.4) is 0 Å². The van der Waals surface area contributed by atoms with E-state index < -0.39 is 16.1 Å². The lowest BCUT2D eigenvalue weighted by Crippen LogP contribution is -2.74. The highest BCUT2D eigenvalue weighted by atomic mass is 28.3. The minimum atomic E-state index is -3.06. The van der Waals surface area contributed by atoms with Crippen LogP contribution in [0, 0.1) is 27.7 Å². The Labute approximate surface area is 589 Å². The summed E-state index contributed by atoms with van der Waals surface area (Å²) in [5.74, 6) is 0. The molecule has 6 heteroatoms. The van der Waals surface area contributed by atoms with E-state index in [-0.39, 0.29) is 6.71 Å². The second kappa shape index (κ2) is 24.6. The highest BCUT2D eigenvalue weighted by molar-refractivity contribution is 7.20. The van der Waals surface area contributed by atoms with Crippen molar-refractivity contribution >= 4 is 137 Å². The fourth-order valence-electron chi connectivity index (χ4n) is 17.4. The smallest absolute Gasteiger partial charge is 0.252 e. The zero-order valence-corrected chi connectivity index (χ0v) is 58.6. The number of para-hydroxylation sites is 2. The van der Waals surface area contributed by atoms with E-state index in [4.69, 9.17) is 0 Å². The standard InChI is InChI=1S/C94H72BN3Si2/c1-65-53-66(2)56-71(55-65)69-49-51-90-86(59-69)95-87-60-70(72-57-67(3)54-68(4)58-72)50-52-91(87)97(74-30-28-44-83(62-74)100(79-37-17-8-18-38-79,80-39-19-9-20-40-80)81-41-21-10-22-42-81)93-64-75(98-88-47-25-23-45-84(88)85-46-24-26-48-89(85)98)63-92(94(93)95)96(90)73-29-27-43-82(61-73)99(76-31-11-5-12-32-76,77-33-13-6-14-34-77)78-35-15-7-16-36-78/h5-64H,1-4H3. The molecule has 18 rings (SSSR count). The van der Waals surface area contributed by atoms with E-state index in [1.54, 1.807) is 0 Å². The molecule has 100 heavy (non-hydrogen) atoms. The molecule has 3 nitrogen and oxygen atoms in total. The van der Waals surface area contributed by atoms with Crippen molar-refractivity contribution in [1.29, 1.82) is 0 Å². The van der Waals surface area contributed by atoms with Crippen LogP contribution < -0.4 is 67.7 Å². The van der Waals surface area contributed by atoms with Gasteiger partial charge in [0.2, 0.25) is 0 Å². The molecule has 16 aromatic rings. The van der Waals surface area contributed by atoms with E-state index in [9.17, 15) is 0 Å². The van der Waals surface area contributed by atoms with Crippen LogP contribution in [0.2, 0.25) is 0 Å². The third kappa shape index (κ3) is 9.84. The van der Waals surface area contributed by atoms with Gasteiger partial charge in [-0.25, -0.2) is 0 Å². The minimum absolute atomic E-state index is 0.212. The van der Waals surface area contributed by atoms with Crippen LogP contribution in [0.15, 0.2) is 364 Å². The molecule has 2 aliphatic rings. The number of aryl methyl sites for hydroxylation is 4. The van der Waals surface area contributed by atoms with E-state index in [0.717, 1.165) is 50.8 Å². The Balaban J connectivity index is 0.985. The van der Waals surface area contributed by atoms with E-state index >= 15 is 0 Å². The highest BCUT2D eigenvalue weighted by Gasteiger charge is 2.47. The summed E-state index contributed by atoms with van der Waals surface area (Å²) in [5, 5.41) is 13.1. The maximum absolute atomic E-state index is 3.06. The molecule has 0 amide bonds. The maximum Gasteiger partial charge on any atom is 0.252 e. The highest BCUT2D eigenvalue weighted by Crippen LogP contribution is 2.47. The third-order valence-electron chi connectivity index (χ3n) is 21.3. The first-order chi connectivity index (χ1) is 49.2. The first kappa shape index (κ1) is 60.6. The molecule has 0 saturated heterocycles. The van der Waals surface area contributed by atoms with Crippen molar-refractivity contribution in [3.8, 4) is 27.9 Å². The quantitative estimate of drug-likeness (QED) is 0.0842. The van der Waals surface area contributed by atoms with Crippen molar-refractivity contribution < 1.29 is 0 Å². The summed E-state index contributed by atoms with van der Waals surface area (Å²) in [6, 6.07) is 139. The Bertz CT molecular complexity index is 5210. The van der Waals surface area contributed by atoms with E-state index in [2.05, 4.69) is 406 Å². The van der Waals surface area contributed by atoms with Gasteiger partial charge in [-0.15, -0.1) is 0 Å². The molecule has 15 aromatic carbocycles. The molecule has 1 aromatic heterocycles. The molecule has 0 spiro atoms. The van der Waals surface area contributed by atoms with Gasteiger partial charge >= 0.3 is 0 Å². The zero-order chi connectivity index (χ0) is 67.1. The van der Waals surface area contributed by atoms with Crippen LogP contribution in [-0.4, -0.2) is 27.4 Å². The first-order valence-corrected chi connectivity index (χ1v) is 39.0. The van der Waals surface area contributed by atoms with Gasteiger partial charge in [0.05, 0.1) is 16.7 Å². The number of fused-ring (bicyclic) bond motifs is 7. The van der Waals surface area contributed by atoms with Crippen LogP contribution in [-0.2, 0) is 0 Å². The second-order valence-corrected chi connectivity index (χ2v) is 35.1. The molecule has 0 saturated carbocycles. The van der Waals surface area contributed by atoms with Gasteiger partial charge in [0, 0.05) is 44.9 Å². The summed E-state index contributed by atoms with van der Waals surface area (Å²) < 4.78 is 2.54. The molecule has 3 heterocycles.